The Balaban J connectivity index is 2.58. The summed E-state index contributed by atoms with van der Waals surface area (Å²) in [5, 5.41) is 3.94. The third kappa shape index (κ3) is 1.61. The standard InChI is InChI=1S/C12H13NO2/c1-8-9(2)13-15-12(8)10-6-4-5-7-11(10)14-3/h4-7H,1-3H3. The van der Waals surface area contributed by atoms with Gasteiger partial charge >= 0.3 is 0 Å². The van der Waals surface area contributed by atoms with Crippen molar-refractivity contribution in [2.45, 2.75) is 13.8 Å². The van der Waals surface area contributed by atoms with Gasteiger partial charge in [0.25, 0.3) is 0 Å². The third-order valence-electron chi connectivity index (χ3n) is 2.51. The summed E-state index contributed by atoms with van der Waals surface area (Å²) in [6, 6.07) is 7.76. The number of ether oxygens (including phenoxy) is 1. The Bertz CT molecular complexity index is 474. The maximum absolute atomic E-state index is 5.29. The zero-order valence-electron chi connectivity index (χ0n) is 9.07. The average Bonchev–Trinajstić information content (AvgIpc) is 2.60. The van der Waals surface area contributed by atoms with Gasteiger partial charge in [-0.15, -0.1) is 0 Å². The number of aryl methyl sites for hydroxylation is 1. The molecule has 0 fully saturated rings. The lowest BCUT2D eigenvalue weighted by Crippen LogP contribution is -1.87. The Kier molecular flexibility index (Phi) is 2.46. The van der Waals surface area contributed by atoms with E-state index in [1.54, 1.807) is 7.11 Å². The van der Waals surface area contributed by atoms with Gasteiger partial charge in [0.2, 0.25) is 0 Å². The van der Waals surface area contributed by atoms with E-state index >= 15 is 0 Å². The molecule has 1 aromatic heterocycles. The molecule has 15 heavy (non-hydrogen) atoms. The molecule has 2 rings (SSSR count). The van der Waals surface area contributed by atoms with Crippen molar-refractivity contribution in [3.8, 4) is 17.1 Å². The molecule has 2 aromatic rings. The van der Waals surface area contributed by atoms with Gasteiger partial charge in [0.1, 0.15) is 5.75 Å². The van der Waals surface area contributed by atoms with Crippen LogP contribution in [0.2, 0.25) is 0 Å². The smallest absolute Gasteiger partial charge is 0.173 e. The van der Waals surface area contributed by atoms with Gasteiger partial charge in [0.15, 0.2) is 5.76 Å². The second-order valence-corrected chi connectivity index (χ2v) is 3.42. The Morgan fingerprint density at radius 2 is 1.93 bits per heavy atom. The minimum Gasteiger partial charge on any atom is -0.496 e. The highest BCUT2D eigenvalue weighted by molar-refractivity contribution is 5.68. The molecular formula is C12H13NO2. The first-order chi connectivity index (χ1) is 7.24. The predicted molar refractivity (Wildman–Crippen MR) is 58.0 cm³/mol. The molecule has 0 aliphatic heterocycles. The Hall–Kier alpha value is -1.77. The molecule has 0 atom stereocenters. The first-order valence-electron chi connectivity index (χ1n) is 4.80. The molecule has 0 amide bonds. The topological polar surface area (TPSA) is 35.3 Å². The van der Waals surface area contributed by atoms with Crippen LogP contribution in [-0.2, 0) is 0 Å². The van der Waals surface area contributed by atoms with Crippen LogP contribution in [0.4, 0.5) is 0 Å². The summed E-state index contributed by atoms with van der Waals surface area (Å²) in [5.41, 5.74) is 2.91. The summed E-state index contributed by atoms with van der Waals surface area (Å²) in [7, 11) is 1.65. The molecule has 0 N–H and O–H groups in total. The minimum atomic E-state index is 0.782. The molecular weight excluding hydrogens is 190 g/mol. The first kappa shape index (κ1) is 9.77. The van der Waals surface area contributed by atoms with E-state index in [2.05, 4.69) is 5.16 Å². The molecule has 1 heterocycles. The van der Waals surface area contributed by atoms with Crippen LogP contribution in [0.15, 0.2) is 28.8 Å². The fourth-order valence-electron chi connectivity index (χ4n) is 1.50. The number of aromatic nitrogens is 1. The highest BCUT2D eigenvalue weighted by atomic mass is 16.5. The third-order valence-corrected chi connectivity index (χ3v) is 2.51. The van der Waals surface area contributed by atoms with E-state index in [0.717, 1.165) is 28.3 Å². The van der Waals surface area contributed by atoms with Gasteiger partial charge in [-0.3, -0.25) is 0 Å². The normalized spacial score (nSPS) is 10.3. The fourth-order valence-corrected chi connectivity index (χ4v) is 1.50. The van der Waals surface area contributed by atoms with Crippen molar-refractivity contribution in [3.63, 3.8) is 0 Å². The van der Waals surface area contributed by atoms with Crippen LogP contribution in [0.5, 0.6) is 5.75 Å². The average molecular weight is 203 g/mol. The summed E-state index contributed by atoms with van der Waals surface area (Å²) in [4.78, 5) is 0. The number of hydrogen-bond acceptors (Lipinski definition) is 3. The second-order valence-electron chi connectivity index (χ2n) is 3.42. The summed E-state index contributed by atoms with van der Waals surface area (Å²) < 4.78 is 10.6. The number of benzene rings is 1. The van der Waals surface area contributed by atoms with Gasteiger partial charge in [0.05, 0.1) is 18.4 Å². The molecule has 1 aromatic carbocycles. The molecule has 0 radical (unpaired) electrons. The van der Waals surface area contributed by atoms with Crippen molar-refractivity contribution in [2.75, 3.05) is 7.11 Å². The van der Waals surface area contributed by atoms with Crippen molar-refractivity contribution in [3.05, 3.63) is 35.5 Å². The second kappa shape index (κ2) is 3.77. The van der Waals surface area contributed by atoms with Gasteiger partial charge in [-0.05, 0) is 26.0 Å². The number of para-hydroxylation sites is 1. The summed E-state index contributed by atoms with van der Waals surface area (Å²) >= 11 is 0. The number of methoxy groups -OCH3 is 1. The van der Waals surface area contributed by atoms with Gasteiger partial charge in [-0.25, -0.2) is 0 Å². The molecule has 0 aliphatic carbocycles. The summed E-state index contributed by atoms with van der Waals surface area (Å²) in [6.07, 6.45) is 0. The molecule has 0 spiro atoms. The van der Waals surface area contributed by atoms with Crippen LogP contribution < -0.4 is 4.74 Å². The molecule has 0 saturated heterocycles. The minimum absolute atomic E-state index is 0.782. The van der Waals surface area contributed by atoms with E-state index in [1.165, 1.54) is 0 Å². The van der Waals surface area contributed by atoms with Crippen molar-refractivity contribution in [1.29, 1.82) is 0 Å². The predicted octanol–water partition coefficient (Wildman–Crippen LogP) is 2.97. The van der Waals surface area contributed by atoms with Crippen LogP contribution in [0.25, 0.3) is 11.3 Å². The first-order valence-corrected chi connectivity index (χ1v) is 4.80. The Morgan fingerprint density at radius 3 is 2.53 bits per heavy atom. The molecule has 0 saturated carbocycles. The zero-order chi connectivity index (χ0) is 10.8. The van der Waals surface area contributed by atoms with E-state index in [-0.39, 0.29) is 0 Å². The van der Waals surface area contributed by atoms with Crippen molar-refractivity contribution in [1.82, 2.24) is 5.16 Å². The maximum atomic E-state index is 5.29. The van der Waals surface area contributed by atoms with E-state index in [4.69, 9.17) is 9.26 Å². The van der Waals surface area contributed by atoms with Crippen LogP contribution in [0, 0.1) is 13.8 Å². The Labute approximate surface area is 88.7 Å². The monoisotopic (exact) mass is 203 g/mol. The molecule has 3 heteroatoms. The van der Waals surface area contributed by atoms with Crippen molar-refractivity contribution >= 4 is 0 Å². The SMILES string of the molecule is COc1ccccc1-c1onc(C)c1C. The quantitative estimate of drug-likeness (QED) is 0.752. The van der Waals surface area contributed by atoms with Gasteiger partial charge in [-0.1, -0.05) is 17.3 Å². The number of nitrogens with zero attached hydrogens (tertiary/aromatic N) is 1. The van der Waals surface area contributed by atoms with E-state index in [9.17, 15) is 0 Å². The van der Waals surface area contributed by atoms with E-state index in [1.807, 2.05) is 38.1 Å². The van der Waals surface area contributed by atoms with Crippen LogP contribution in [0.1, 0.15) is 11.3 Å². The molecule has 0 bridgehead atoms. The van der Waals surface area contributed by atoms with Gasteiger partial charge in [-0.2, -0.15) is 0 Å². The van der Waals surface area contributed by atoms with Crippen LogP contribution in [-0.4, -0.2) is 12.3 Å². The zero-order valence-corrected chi connectivity index (χ0v) is 9.07. The fraction of sp³-hybridized carbons (Fsp3) is 0.250. The molecule has 78 valence electrons. The van der Waals surface area contributed by atoms with E-state index < -0.39 is 0 Å². The lowest BCUT2D eigenvalue weighted by molar-refractivity contribution is 0.404. The molecule has 0 unspecified atom stereocenters. The number of rotatable bonds is 2. The summed E-state index contributed by atoms with van der Waals surface area (Å²) in [5.74, 6) is 1.58. The maximum Gasteiger partial charge on any atom is 0.173 e. The summed E-state index contributed by atoms with van der Waals surface area (Å²) in [6.45, 7) is 3.92. The molecule has 3 nitrogen and oxygen atoms in total. The molecule has 0 aliphatic rings. The van der Waals surface area contributed by atoms with E-state index in [0.29, 0.717) is 0 Å². The largest absolute Gasteiger partial charge is 0.496 e. The lowest BCUT2D eigenvalue weighted by Gasteiger charge is -2.05. The van der Waals surface area contributed by atoms with Gasteiger partial charge in [0, 0.05) is 5.56 Å². The van der Waals surface area contributed by atoms with Gasteiger partial charge < -0.3 is 9.26 Å². The van der Waals surface area contributed by atoms with Crippen molar-refractivity contribution in [2.24, 2.45) is 0 Å². The van der Waals surface area contributed by atoms with Crippen molar-refractivity contribution < 1.29 is 9.26 Å². The number of hydrogen-bond donors (Lipinski definition) is 0. The highest BCUT2D eigenvalue weighted by Crippen LogP contribution is 2.32. The van der Waals surface area contributed by atoms with Crippen LogP contribution >= 0.6 is 0 Å². The highest BCUT2D eigenvalue weighted by Gasteiger charge is 2.14. The Morgan fingerprint density at radius 1 is 1.20 bits per heavy atom. The lowest BCUT2D eigenvalue weighted by atomic mass is 10.1. The van der Waals surface area contributed by atoms with Crippen LogP contribution in [0.3, 0.4) is 0 Å².